The smallest absolute Gasteiger partial charge is 0.238 e. The van der Waals surface area contributed by atoms with E-state index >= 15 is 0 Å². The minimum Gasteiger partial charge on any atom is -0.310 e. The van der Waals surface area contributed by atoms with E-state index in [1.54, 1.807) is 16.9 Å². The maximum absolute atomic E-state index is 12.7. The summed E-state index contributed by atoms with van der Waals surface area (Å²) in [5.41, 5.74) is 1.95. The Bertz CT molecular complexity index is 920. The highest BCUT2D eigenvalue weighted by Crippen LogP contribution is 2.25. The fraction of sp³-hybridized carbons (Fsp3) is 0.389. The summed E-state index contributed by atoms with van der Waals surface area (Å²) in [7, 11) is 0. The maximum Gasteiger partial charge on any atom is 0.238 e. The van der Waals surface area contributed by atoms with E-state index in [2.05, 4.69) is 39.8 Å². The van der Waals surface area contributed by atoms with Gasteiger partial charge in [-0.25, -0.2) is 4.68 Å². The van der Waals surface area contributed by atoms with Gasteiger partial charge in [0, 0.05) is 6.07 Å². The Kier molecular flexibility index (Phi) is 5.90. The van der Waals surface area contributed by atoms with E-state index in [1.807, 2.05) is 42.8 Å². The standard InChI is InChI=1S/C18H23N7OS/c1-5-13(3)24-16(10-11-19-24)20-17(26)14(4)27-18-21-22-23-25(18)15-9-7-6-8-12(15)2/h6-11,13-14H,5H2,1-4H3,(H,20,26)/t13-,14+/m1/s1. The van der Waals surface area contributed by atoms with Gasteiger partial charge in [-0.05, 0) is 49.2 Å². The number of benzene rings is 1. The van der Waals surface area contributed by atoms with Gasteiger partial charge in [-0.1, -0.05) is 36.9 Å². The van der Waals surface area contributed by atoms with E-state index in [-0.39, 0.29) is 17.2 Å². The molecule has 0 spiro atoms. The van der Waals surface area contributed by atoms with Crippen molar-refractivity contribution >= 4 is 23.5 Å². The molecular formula is C18H23N7OS. The fourth-order valence-corrected chi connectivity index (χ4v) is 3.38. The first kappa shape index (κ1) is 19.1. The summed E-state index contributed by atoms with van der Waals surface area (Å²) in [6, 6.07) is 9.87. The van der Waals surface area contributed by atoms with Crippen LogP contribution in [0.5, 0.6) is 0 Å². The fourth-order valence-electron chi connectivity index (χ4n) is 2.58. The zero-order valence-corrected chi connectivity index (χ0v) is 16.6. The third-order valence-electron chi connectivity index (χ3n) is 4.37. The third kappa shape index (κ3) is 4.19. The SMILES string of the molecule is CC[C@@H](C)n1nccc1NC(=O)[C@H](C)Sc1nnnn1-c1ccccc1C. The van der Waals surface area contributed by atoms with Crippen molar-refractivity contribution in [3.63, 3.8) is 0 Å². The molecule has 9 heteroatoms. The van der Waals surface area contributed by atoms with Crippen LogP contribution in [-0.4, -0.2) is 41.1 Å². The number of rotatable bonds is 7. The van der Waals surface area contributed by atoms with Crippen LogP contribution in [0, 0.1) is 6.92 Å². The molecule has 1 amide bonds. The summed E-state index contributed by atoms with van der Waals surface area (Å²) in [6.45, 7) is 7.98. The second-order valence-corrected chi connectivity index (χ2v) is 7.64. The van der Waals surface area contributed by atoms with Crippen LogP contribution >= 0.6 is 11.8 Å². The first-order valence-corrected chi connectivity index (χ1v) is 9.74. The molecule has 0 aliphatic rings. The molecule has 0 aliphatic carbocycles. The molecule has 2 aromatic heterocycles. The Morgan fingerprint density at radius 2 is 2.04 bits per heavy atom. The molecule has 1 aromatic carbocycles. The molecule has 3 aromatic rings. The third-order valence-corrected chi connectivity index (χ3v) is 5.40. The van der Waals surface area contributed by atoms with Crippen molar-refractivity contribution in [2.75, 3.05) is 5.32 Å². The van der Waals surface area contributed by atoms with E-state index in [0.717, 1.165) is 17.7 Å². The molecule has 0 aliphatic heterocycles. The van der Waals surface area contributed by atoms with Gasteiger partial charge in [-0.3, -0.25) is 4.79 Å². The maximum atomic E-state index is 12.7. The largest absolute Gasteiger partial charge is 0.310 e. The van der Waals surface area contributed by atoms with Crippen molar-refractivity contribution < 1.29 is 4.79 Å². The lowest BCUT2D eigenvalue weighted by atomic mass is 10.2. The molecule has 142 valence electrons. The molecule has 0 bridgehead atoms. The number of nitrogens with zero attached hydrogens (tertiary/aromatic N) is 6. The van der Waals surface area contributed by atoms with Crippen molar-refractivity contribution in [1.29, 1.82) is 0 Å². The second kappa shape index (κ2) is 8.34. The van der Waals surface area contributed by atoms with Gasteiger partial charge in [0.1, 0.15) is 5.82 Å². The molecule has 0 saturated heterocycles. The summed E-state index contributed by atoms with van der Waals surface area (Å²) >= 11 is 1.32. The average Bonchev–Trinajstić information content (AvgIpc) is 3.31. The number of carbonyl (C=O) groups excluding carboxylic acids is 1. The minimum atomic E-state index is -0.376. The van der Waals surface area contributed by atoms with Gasteiger partial charge in [0.15, 0.2) is 0 Å². The highest BCUT2D eigenvalue weighted by molar-refractivity contribution is 8.00. The van der Waals surface area contributed by atoms with E-state index in [9.17, 15) is 4.79 Å². The Labute approximate surface area is 162 Å². The predicted octanol–water partition coefficient (Wildman–Crippen LogP) is 3.26. The number of hydrogen-bond acceptors (Lipinski definition) is 6. The quantitative estimate of drug-likeness (QED) is 0.628. The lowest BCUT2D eigenvalue weighted by molar-refractivity contribution is -0.115. The molecule has 3 rings (SSSR count). The van der Waals surface area contributed by atoms with Crippen molar-refractivity contribution in [3.8, 4) is 5.69 Å². The van der Waals surface area contributed by atoms with E-state index in [0.29, 0.717) is 11.0 Å². The highest BCUT2D eigenvalue weighted by atomic mass is 32.2. The van der Waals surface area contributed by atoms with Gasteiger partial charge in [0.05, 0.1) is 23.2 Å². The van der Waals surface area contributed by atoms with E-state index in [4.69, 9.17) is 0 Å². The molecule has 27 heavy (non-hydrogen) atoms. The van der Waals surface area contributed by atoms with E-state index in [1.165, 1.54) is 11.8 Å². The first-order chi connectivity index (χ1) is 13.0. The van der Waals surface area contributed by atoms with Crippen LogP contribution in [0.25, 0.3) is 5.69 Å². The van der Waals surface area contributed by atoms with Gasteiger partial charge in [-0.2, -0.15) is 9.78 Å². The second-order valence-electron chi connectivity index (χ2n) is 6.33. The molecule has 0 fully saturated rings. The number of thioether (sulfide) groups is 1. The summed E-state index contributed by atoms with van der Waals surface area (Å²) in [5, 5.41) is 19.4. The number of aromatic nitrogens is 6. The van der Waals surface area contributed by atoms with Gasteiger partial charge in [-0.15, -0.1) is 5.10 Å². The van der Waals surface area contributed by atoms with Crippen LogP contribution in [0.3, 0.4) is 0 Å². The summed E-state index contributed by atoms with van der Waals surface area (Å²) in [5.74, 6) is 0.574. The van der Waals surface area contributed by atoms with Crippen molar-refractivity contribution in [2.24, 2.45) is 0 Å². The molecule has 2 heterocycles. The average molecular weight is 385 g/mol. The van der Waals surface area contributed by atoms with Crippen LogP contribution in [0.2, 0.25) is 0 Å². The number of hydrogen-bond donors (Lipinski definition) is 1. The summed E-state index contributed by atoms with van der Waals surface area (Å²) in [4.78, 5) is 12.7. The molecule has 1 N–H and O–H groups in total. The molecule has 0 saturated carbocycles. The van der Waals surface area contributed by atoms with Crippen LogP contribution in [0.15, 0.2) is 41.7 Å². The number of para-hydroxylation sites is 1. The Morgan fingerprint density at radius 3 is 2.78 bits per heavy atom. The van der Waals surface area contributed by atoms with Crippen molar-refractivity contribution in [3.05, 3.63) is 42.1 Å². The Hall–Kier alpha value is -2.68. The van der Waals surface area contributed by atoms with Crippen LogP contribution in [0.1, 0.15) is 38.8 Å². The molecule has 8 nitrogen and oxygen atoms in total. The van der Waals surface area contributed by atoms with Crippen molar-refractivity contribution in [1.82, 2.24) is 30.0 Å². The number of anilines is 1. The first-order valence-electron chi connectivity index (χ1n) is 8.86. The van der Waals surface area contributed by atoms with Gasteiger partial charge in [0.25, 0.3) is 0 Å². The van der Waals surface area contributed by atoms with E-state index < -0.39 is 0 Å². The van der Waals surface area contributed by atoms with Crippen molar-refractivity contribution in [2.45, 2.75) is 50.6 Å². The summed E-state index contributed by atoms with van der Waals surface area (Å²) in [6.07, 6.45) is 2.62. The number of tetrazole rings is 1. The molecule has 0 radical (unpaired) electrons. The number of aryl methyl sites for hydroxylation is 1. The van der Waals surface area contributed by atoms with Gasteiger partial charge in [0.2, 0.25) is 11.1 Å². The zero-order chi connectivity index (χ0) is 19.4. The van der Waals surface area contributed by atoms with Crippen LogP contribution in [-0.2, 0) is 4.79 Å². The summed E-state index contributed by atoms with van der Waals surface area (Å²) < 4.78 is 3.49. The number of amides is 1. The Balaban J connectivity index is 1.73. The monoisotopic (exact) mass is 385 g/mol. The number of nitrogens with one attached hydrogen (secondary N) is 1. The molecule has 0 unspecified atom stereocenters. The van der Waals surface area contributed by atoms with Gasteiger partial charge < -0.3 is 5.32 Å². The zero-order valence-electron chi connectivity index (χ0n) is 15.8. The van der Waals surface area contributed by atoms with Crippen LogP contribution in [0.4, 0.5) is 5.82 Å². The molecule has 2 atom stereocenters. The lowest BCUT2D eigenvalue weighted by Crippen LogP contribution is -2.25. The number of carbonyl (C=O) groups is 1. The normalized spacial score (nSPS) is 13.3. The Morgan fingerprint density at radius 1 is 1.26 bits per heavy atom. The highest BCUT2D eigenvalue weighted by Gasteiger charge is 2.21. The lowest BCUT2D eigenvalue weighted by Gasteiger charge is -2.16. The van der Waals surface area contributed by atoms with Gasteiger partial charge >= 0.3 is 0 Å². The minimum absolute atomic E-state index is 0.121. The van der Waals surface area contributed by atoms with Crippen LogP contribution < -0.4 is 5.32 Å². The topological polar surface area (TPSA) is 90.5 Å². The predicted molar refractivity (Wildman–Crippen MR) is 105 cm³/mol. The molecular weight excluding hydrogens is 362 g/mol.